The van der Waals surface area contributed by atoms with Gasteiger partial charge in [0.15, 0.2) is 0 Å². The molecule has 0 saturated carbocycles. The zero-order chi connectivity index (χ0) is 19.4. The standard InChI is InChI=1S/C19H28N6O2/c1-14-20-21-22-25(14)12-15-4-6-18(7-5-15)19(27)24-10-16(9-23(2)3)8-17(11-24)13-26/h4-7,16-17,26H,8-13H2,1-3H3/t16-,17+/m0/s1. The number of aliphatic hydroxyl groups excluding tert-OH is 1. The molecule has 1 N–H and O–H groups in total. The summed E-state index contributed by atoms with van der Waals surface area (Å²) in [5.41, 5.74) is 1.72. The van der Waals surface area contributed by atoms with Crippen LogP contribution in [0.2, 0.25) is 0 Å². The number of tetrazole rings is 1. The molecule has 0 radical (unpaired) electrons. The molecule has 0 spiro atoms. The first-order valence-corrected chi connectivity index (χ1v) is 9.32. The highest BCUT2D eigenvalue weighted by Gasteiger charge is 2.30. The minimum absolute atomic E-state index is 0.0297. The number of aryl methyl sites for hydroxylation is 1. The first-order valence-electron chi connectivity index (χ1n) is 9.32. The minimum atomic E-state index is 0.0297. The van der Waals surface area contributed by atoms with Gasteiger partial charge in [0.05, 0.1) is 6.54 Å². The van der Waals surface area contributed by atoms with Gasteiger partial charge in [-0.05, 0) is 67.4 Å². The molecule has 1 amide bonds. The molecule has 8 nitrogen and oxygen atoms in total. The van der Waals surface area contributed by atoms with E-state index in [1.807, 2.05) is 50.2 Å². The van der Waals surface area contributed by atoms with Crippen LogP contribution in [0.4, 0.5) is 0 Å². The van der Waals surface area contributed by atoms with Crippen LogP contribution in [0.3, 0.4) is 0 Å². The van der Waals surface area contributed by atoms with Gasteiger partial charge >= 0.3 is 0 Å². The number of carbonyl (C=O) groups is 1. The molecule has 8 heteroatoms. The van der Waals surface area contributed by atoms with E-state index in [4.69, 9.17) is 0 Å². The summed E-state index contributed by atoms with van der Waals surface area (Å²) in [7, 11) is 4.08. The summed E-state index contributed by atoms with van der Waals surface area (Å²) in [6.07, 6.45) is 0.961. The number of aromatic nitrogens is 4. The van der Waals surface area contributed by atoms with Crippen molar-refractivity contribution in [1.29, 1.82) is 0 Å². The third-order valence-electron chi connectivity index (χ3n) is 5.04. The van der Waals surface area contributed by atoms with Crippen LogP contribution in [-0.4, -0.2) is 81.4 Å². The average Bonchev–Trinajstić information content (AvgIpc) is 3.05. The predicted molar refractivity (Wildman–Crippen MR) is 101 cm³/mol. The SMILES string of the molecule is Cc1nnnn1Cc1ccc(C(=O)N2C[C@H](CO)C[C@@H](CN(C)C)C2)cc1. The Hall–Kier alpha value is -2.32. The fraction of sp³-hybridized carbons (Fsp3) is 0.579. The zero-order valence-electron chi connectivity index (χ0n) is 16.2. The Morgan fingerprint density at radius 3 is 2.52 bits per heavy atom. The maximum atomic E-state index is 13.0. The molecule has 1 aliphatic rings. The van der Waals surface area contributed by atoms with Crippen molar-refractivity contribution in [2.45, 2.75) is 19.9 Å². The first-order chi connectivity index (χ1) is 13.0. The number of hydrogen-bond acceptors (Lipinski definition) is 6. The molecule has 0 aliphatic carbocycles. The molecule has 0 unspecified atom stereocenters. The van der Waals surface area contributed by atoms with Gasteiger partial charge in [0.1, 0.15) is 5.82 Å². The lowest BCUT2D eigenvalue weighted by atomic mass is 9.89. The number of aliphatic hydroxyl groups is 1. The number of amides is 1. The van der Waals surface area contributed by atoms with Crippen molar-refractivity contribution >= 4 is 5.91 Å². The maximum Gasteiger partial charge on any atom is 0.253 e. The van der Waals surface area contributed by atoms with Crippen molar-refractivity contribution in [1.82, 2.24) is 30.0 Å². The van der Waals surface area contributed by atoms with Crippen LogP contribution in [0.5, 0.6) is 0 Å². The Bertz CT molecular complexity index is 758. The normalized spacial score (nSPS) is 20.3. The summed E-state index contributed by atoms with van der Waals surface area (Å²) in [5, 5.41) is 21.1. The van der Waals surface area contributed by atoms with Crippen molar-refractivity contribution in [3.63, 3.8) is 0 Å². The quantitative estimate of drug-likeness (QED) is 0.802. The van der Waals surface area contributed by atoms with Crippen LogP contribution < -0.4 is 0 Å². The van der Waals surface area contributed by atoms with E-state index in [1.54, 1.807) is 4.68 Å². The Kier molecular flexibility index (Phi) is 6.18. The molecule has 27 heavy (non-hydrogen) atoms. The van der Waals surface area contributed by atoms with Crippen molar-refractivity contribution < 1.29 is 9.90 Å². The Balaban J connectivity index is 1.67. The van der Waals surface area contributed by atoms with Crippen molar-refractivity contribution in [3.05, 3.63) is 41.2 Å². The van der Waals surface area contributed by atoms with E-state index in [1.165, 1.54) is 0 Å². The van der Waals surface area contributed by atoms with E-state index in [-0.39, 0.29) is 18.4 Å². The van der Waals surface area contributed by atoms with Gasteiger partial charge in [-0.25, -0.2) is 4.68 Å². The largest absolute Gasteiger partial charge is 0.396 e. The number of carbonyl (C=O) groups excluding carboxylic acids is 1. The lowest BCUT2D eigenvalue weighted by Gasteiger charge is -2.38. The highest BCUT2D eigenvalue weighted by molar-refractivity contribution is 5.94. The average molecular weight is 372 g/mol. The fourth-order valence-corrected chi connectivity index (χ4v) is 3.77. The molecule has 1 fully saturated rings. The van der Waals surface area contributed by atoms with E-state index in [9.17, 15) is 9.90 Å². The summed E-state index contributed by atoms with van der Waals surface area (Å²) < 4.78 is 1.72. The van der Waals surface area contributed by atoms with Gasteiger partial charge in [-0.2, -0.15) is 0 Å². The molecule has 2 atom stereocenters. The molecular weight excluding hydrogens is 344 g/mol. The fourth-order valence-electron chi connectivity index (χ4n) is 3.77. The van der Waals surface area contributed by atoms with E-state index in [0.717, 1.165) is 30.9 Å². The summed E-state index contributed by atoms with van der Waals surface area (Å²) in [4.78, 5) is 17.0. The molecule has 1 aliphatic heterocycles. The number of nitrogens with zero attached hydrogens (tertiary/aromatic N) is 6. The van der Waals surface area contributed by atoms with Crippen LogP contribution in [-0.2, 0) is 6.54 Å². The third-order valence-corrected chi connectivity index (χ3v) is 5.04. The van der Waals surface area contributed by atoms with Crippen LogP contribution in [0, 0.1) is 18.8 Å². The number of piperidine rings is 1. The molecule has 2 heterocycles. The second-order valence-corrected chi connectivity index (χ2v) is 7.70. The molecule has 146 valence electrons. The summed E-state index contributed by atoms with van der Waals surface area (Å²) in [6, 6.07) is 7.61. The highest BCUT2D eigenvalue weighted by Crippen LogP contribution is 2.24. The lowest BCUT2D eigenvalue weighted by Crippen LogP contribution is -2.47. The lowest BCUT2D eigenvalue weighted by molar-refractivity contribution is 0.0477. The van der Waals surface area contributed by atoms with Crippen LogP contribution in [0.15, 0.2) is 24.3 Å². The number of benzene rings is 1. The molecule has 0 bridgehead atoms. The Labute approximate surface area is 159 Å². The van der Waals surface area contributed by atoms with Gasteiger partial charge in [-0.15, -0.1) is 5.10 Å². The van der Waals surface area contributed by atoms with Crippen LogP contribution >= 0.6 is 0 Å². The van der Waals surface area contributed by atoms with Gasteiger partial charge in [0, 0.05) is 31.8 Å². The van der Waals surface area contributed by atoms with E-state index >= 15 is 0 Å². The number of likely N-dealkylation sites (tertiary alicyclic amines) is 1. The summed E-state index contributed by atoms with van der Waals surface area (Å²) in [5.74, 6) is 1.32. The molecule has 1 aromatic heterocycles. The van der Waals surface area contributed by atoms with Gasteiger partial charge in [0.25, 0.3) is 5.91 Å². The maximum absolute atomic E-state index is 13.0. The highest BCUT2D eigenvalue weighted by atomic mass is 16.3. The van der Waals surface area contributed by atoms with Crippen LogP contribution in [0.1, 0.15) is 28.2 Å². The predicted octanol–water partition coefficient (Wildman–Crippen LogP) is 0.662. The zero-order valence-corrected chi connectivity index (χ0v) is 16.2. The van der Waals surface area contributed by atoms with Gasteiger partial charge in [0.2, 0.25) is 0 Å². The van der Waals surface area contributed by atoms with Gasteiger partial charge in [-0.1, -0.05) is 12.1 Å². The van der Waals surface area contributed by atoms with Crippen molar-refractivity contribution in [2.24, 2.45) is 11.8 Å². The van der Waals surface area contributed by atoms with Crippen LogP contribution in [0.25, 0.3) is 0 Å². The third kappa shape index (κ3) is 4.90. The van der Waals surface area contributed by atoms with E-state index in [2.05, 4.69) is 20.4 Å². The van der Waals surface area contributed by atoms with E-state index in [0.29, 0.717) is 24.6 Å². The topological polar surface area (TPSA) is 87.4 Å². The van der Waals surface area contributed by atoms with Gasteiger partial charge < -0.3 is 14.9 Å². The first kappa shape index (κ1) is 19.4. The van der Waals surface area contributed by atoms with Gasteiger partial charge in [-0.3, -0.25) is 4.79 Å². The summed E-state index contributed by atoms with van der Waals surface area (Å²) in [6.45, 7) is 4.83. The number of rotatable bonds is 6. The monoisotopic (exact) mass is 372 g/mol. The van der Waals surface area contributed by atoms with E-state index < -0.39 is 0 Å². The molecule has 1 aromatic carbocycles. The molecule has 2 aromatic rings. The Morgan fingerprint density at radius 2 is 1.93 bits per heavy atom. The second kappa shape index (κ2) is 8.58. The van der Waals surface area contributed by atoms with Crippen molar-refractivity contribution in [3.8, 4) is 0 Å². The molecular formula is C19H28N6O2. The summed E-state index contributed by atoms with van der Waals surface area (Å²) >= 11 is 0. The molecule has 3 rings (SSSR count). The minimum Gasteiger partial charge on any atom is -0.396 e. The van der Waals surface area contributed by atoms with Crippen molar-refractivity contribution in [2.75, 3.05) is 40.3 Å². The second-order valence-electron chi connectivity index (χ2n) is 7.70. The Morgan fingerprint density at radius 1 is 1.22 bits per heavy atom. The molecule has 1 saturated heterocycles. The smallest absolute Gasteiger partial charge is 0.253 e. The number of hydrogen-bond donors (Lipinski definition) is 1.